The fraction of sp³-hybridized carbons (Fsp3) is 0.500. The van der Waals surface area contributed by atoms with Crippen molar-refractivity contribution in [3.63, 3.8) is 0 Å². The molecule has 1 aromatic carbocycles. The van der Waals surface area contributed by atoms with E-state index in [-0.39, 0.29) is 12.1 Å². The highest BCUT2D eigenvalue weighted by Gasteiger charge is 2.40. The van der Waals surface area contributed by atoms with Crippen LogP contribution >= 0.6 is 11.6 Å². The lowest BCUT2D eigenvalue weighted by Gasteiger charge is -2.41. The normalized spacial score (nSPS) is 28.8. The van der Waals surface area contributed by atoms with E-state index < -0.39 is 5.60 Å². The van der Waals surface area contributed by atoms with E-state index in [1.807, 2.05) is 38.4 Å². The number of halogens is 1. The summed E-state index contributed by atoms with van der Waals surface area (Å²) in [7, 11) is 1.84. The van der Waals surface area contributed by atoms with Gasteiger partial charge in [0.1, 0.15) is 0 Å². The summed E-state index contributed by atoms with van der Waals surface area (Å²) in [6.07, 6.45) is 3.12. The van der Waals surface area contributed by atoms with Crippen molar-refractivity contribution < 1.29 is 5.11 Å². The van der Waals surface area contributed by atoms with E-state index in [2.05, 4.69) is 22.6 Å². The summed E-state index contributed by atoms with van der Waals surface area (Å²) in [6, 6.07) is 5.92. The maximum absolute atomic E-state index is 11.2. The van der Waals surface area contributed by atoms with E-state index in [0.29, 0.717) is 12.8 Å². The van der Waals surface area contributed by atoms with E-state index in [1.54, 1.807) is 4.68 Å². The maximum Gasteiger partial charge on any atom is 0.0997 e. The Balaban J connectivity index is 1.93. The summed E-state index contributed by atoms with van der Waals surface area (Å²) in [4.78, 5) is 0. The maximum atomic E-state index is 11.2. The summed E-state index contributed by atoms with van der Waals surface area (Å²) in [6.45, 7) is 4.04. The van der Waals surface area contributed by atoms with E-state index in [4.69, 9.17) is 11.6 Å². The van der Waals surface area contributed by atoms with Crippen LogP contribution < -0.4 is 5.32 Å². The van der Waals surface area contributed by atoms with Crippen molar-refractivity contribution >= 4 is 11.6 Å². The van der Waals surface area contributed by atoms with Crippen molar-refractivity contribution in [1.82, 2.24) is 20.3 Å². The molecule has 0 amide bonds. The predicted octanol–water partition coefficient (Wildman–Crippen LogP) is 2.48. The Morgan fingerprint density at radius 1 is 1.41 bits per heavy atom. The molecule has 6 heteroatoms. The number of nitrogens with zero attached hydrogens (tertiary/aromatic N) is 3. The van der Waals surface area contributed by atoms with Gasteiger partial charge in [-0.1, -0.05) is 28.9 Å². The number of aromatic nitrogens is 3. The van der Waals surface area contributed by atoms with E-state index >= 15 is 0 Å². The van der Waals surface area contributed by atoms with Gasteiger partial charge in [0.05, 0.1) is 17.3 Å². The van der Waals surface area contributed by atoms with Crippen LogP contribution in [0.25, 0.3) is 0 Å². The number of rotatable bonds is 2. The van der Waals surface area contributed by atoms with Gasteiger partial charge in [0.25, 0.3) is 0 Å². The quantitative estimate of drug-likeness (QED) is 0.892. The molecule has 0 unspecified atom stereocenters. The molecule has 2 N–H and O–H groups in total. The molecule has 1 saturated heterocycles. The van der Waals surface area contributed by atoms with Gasteiger partial charge < -0.3 is 10.4 Å². The first kappa shape index (κ1) is 15.5. The number of benzene rings is 1. The average molecular weight is 321 g/mol. The molecule has 2 aromatic rings. The van der Waals surface area contributed by atoms with Gasteiger partial charge in [0, 0.05) is 30.7 Å². The molecule has 118 valence electrons. The van der Waals surface area contributed by atoms with Gasteiger partial charge in [-0.05, 0) is 37.5 Å². The highest BCUT2D eigenvalue weighted by molar-refractivity contribution is 6.31. The van der Waals surface area contributed by atoms with E-state index in [1.165, 1.54) is 0 Å². The Hall–Kier alpha value is -1.43. The van der Waals surface area contributed by atoms with Crippen LogP contribution in [0.15, 0.2) is 24.4 Å². The summed E-state index contributed by atoms with van der Waals surface area (Å²) < 4.78 is 1.68. The third-order valence-electron chi connectivity index (χ3n) is 4.34. The van der Waals surface area contributed by atoms with Crippen LogP contribution in [0, 0.1) is 6.92 Å². The first-order chi connectivity index (χ1) is 10.4. The minimum atomic E-state index is -0.887. The van der Waals surface area contributed by atoms with Crippen molar-refractivity contribution in [3.8, 4) is 0 Å². The molecule has 0 radical (unpaired) electrons. The lowest BCUT2D eigenvalue weighted by atomic mass is 9.78. The van der Waals surface area contributed by atoms with Crippen LogP contribution in [0.5, 0.6) is 0 Å². The van der Waals surface area contributed by atoms with Crippen molar-refractivity contribution in [2.45, 2.75) is 44.4 Å². The molecule has 3 rings (SSSR count). The lowest BCUT2D eigenvalue weighted by Crippen LogP contribution is -2.47. The molecular formula is C16H21ClN4O. The van der Waals surface area contributed by atoms with Crippen LogP contribution in [-0.4, -0.2) is 26.1 Å². The van der Waals surface area contributed by atoms with Crippen molar-refractivity contribution in [2.75, 3.05) is 0 Å². The van der Waals surface area contributed by atoms with Crippen molar-refractivity contribution in [1.29, 1.82) is 0 Å². The Kier molecular flexibility index (Phi) is 3.97. The number of aliphatic hydroxyl groups is 1. The van der Waals surface area contributed by atoms with Gasteiger partial charge in [-0.25, -0.2) is 0 Å². The second-order valence-electron chi connectivity index (χ2n) is 6.34. The topological polar surface area (TPSA) is 63.0 Å². The number of hydrogen-bond acceptors (Lipinski definition) is 4. The molecule has 0 aliphatic carbocycles. The van der Waals surface area contributed by atoms with Crippen molar-refractivity contribution in [2.24, 2.45) is 7.05 Å². The van der Waals surface area contributed by atoms with Gasteiger partial charge in [-0.3, -0.25) is 4.68 Å². The molecule has 0 bridgehead atoms. The molecule has 1 aliphatic heterocycles. The summed E-state index contributed by atoms with van der Waals surface area (Å²) in [5.41, 5.74) is 1.87. The number of nitrogens with one attached hydrogen (secondary N) is 1. The third-order valence-corrected chi connectivity index (χ3v) is 4.77. The average Bonchev–Trinajstić information content (AvgIpc) is 2.87. The molecule has 2 heterocycles. The Bertz CT molecular complexity index is 687. The summed E-state index contributed by atoms with van der Waals surface area (Å²) >= 11 is 6.11. The second kappa shape index (κ2) is 5.65. The predicted molar refractivity (Wildman–Crippen MR) is 85.7 cm³/mol. The zero-order valence-electron chi connectivity index (χ0n) is 13.0. The van der Waals surface area contributed by atoms with Crippen LogP contribution in [0.3, 0.4) is 0 Å². The molecule has 22 heavy (non-hydrogen) atoms. The first-order valence-electron chi connectivity index (χ1n) is 7.49. The zero-order chi connectivity index (χ0) is 15.9. The van der Waals surface area contributed by atoms with Crippen LogP contribution in [0.2, 0.25) is 5.02 Å². The van der Waals surface area contributed by atoms with Crippen LogP contribution in [0.4, 0.5) is 0 Å². The SMILES string of the molecule is Cc1cc([C@@]2(O)C[C@@H](c3cn(C)nn3)N[C@@H](C)C2)ccc1Cl. The zero-order valence-corrected chi connectivity index (χ0v) is 13.8. The van der Waals surface area contributed by atoms with Gasteiger partial charge in [0.2, 0.25) is 0 Å². The molecule has 5 nitrogen and oxygen atoms in total. The second-order valence-corrected chi connectivity index (χ2v) is 6.75. The third kappa shape index (κ3) is 2.89. The van der Waals surface area contributed by atoms with E-state index in [0.717, 1.165) is 21.8 Å². The minimum absolute atomic E-state index is 0.0153. The fourth-order valence-electron chi connectivity index (χ4n) is 3.27. The van der Waals surface area contributed by atoms with Gasteiger partial charge in [-0.2, -0.15) is 0 Å². The van der Waals surface area contributed by atoms with E-state index in [9.17, 15) is 5.11 Å². The Morgan fingerprint density at radius 3 is 2.82 bits per heavy atom. The molecule has 3 atom stereocenters. The van der Waals surface area contributed by atoms with Crippen LogP contribution in [0.1, 0.15) is 42.6 Å². The largest absolute Gasteiger partial charge is 0.385 e. The number of piperidine rings is 1. The van der Waals surface area contributed by atoms with Gasteiger partial charge in [0.15, 0.2) is 0 Å². The molecule has 1 fully saturated rings. The van der Waals surface area contributed by atoms with Gasteiger partial charge >= 0.3 is 0 Å². The van der Waals surface area contributed by atoms with Crippen LogP contribution in [-0.2, 0) is 12.6 Å². The number of aryl methyl sites for hydroxylation is 2. The highest BCUT2D eigenvalue weighted by Crippen LogP contribution is 2.40. The lowest BCUT2D eigenvalue weighted by molar-refractivity contribution is -0.0236. The fourth-order valence-corrected chi connectivity index (χ4v) is 3.39. The molecular weight excluding hydrogens is 300 g/mol. The Labute approximate surface area is 135 Å². The summed E-state index contributed by atoms with van der Waals surface area (Å²) in [5, 5.41) is 23.6. The smallest absolute Gasteiger partial charge is 0.0997 e. The minimum Gasteiger partial charge on any atom is -0.385 e. The molecule has 0 saturated carbocycles. The number of hydrogen-bond donors (Lipinski definition) is 2. The van der Waals surface area contributed by atoms with Gasteiger partial charge in [-0.15, -0.1) is 5.10 Å². The molecule has 1 aromatic heterocycles. The summed E-state index contributed by atoms with van der Waals surface area (Å²) in [5.74, 6) is 0. The Morgan fingerprint density at radius 2 is 2.18 bits per heavy atom. The highest BCUT2D eigenvalue weighted by atomic mass is 35.5. The molecule has 1 aliphatic rings. The first-order valence-corrected chi connectivity index (χ1v) is 7.86. The van der Waals surface area contributed by atoms with Crippen molar-refractivity contribution in [3.05, 3.63) is 46.2 Å². The monoisotopic (exact) mass is 320 g/mol. The molecule has 0 spiro atoms. The standard InChI is InChI=1S/C16H21ClN4O/c1-10-6-12(4-5-13(10)17)16(22)7-11(2)18-14(8-16)15-9-21(3)20-19-15/h4-6,9,11,14,18,22H,7-8H2,1-3H3/t11-,14-,16-/m0/s1.